The Kier molecular flexibility index (Phi) is 3.27. The SMILES string of the molecule is CC1=NN(C(=O)c2ccccc2)C(O)(c2ccncc2)C1. The van der Waals surface area contributed by atoms with Crippen LogP contribution in [0.4, 0.5) is 0 Å². The fourth-order valence-electron chi connectivity index (χ4n) is 2.48. The summed E-state index contributed by atoms with van der Waals surface area (Å²) >= 11 is 0. The normalized spacial score (nSPS) is 21.2. The molecule has 1 unspecified atom stereocenters. The van der Waals surface area contributed by atoms with E-state index in [4.69, 9.17) is 0 Å². The van der Waals surface area contributed by atoms with Crippen LogP contribution in [0.5, 0.6) is 0 Å². The predicted molar refractivity (Wildman–Crippen MR) is 78.5 cm³/mol. The zero-order valence-corrected chi connectivity index (χ0v) is 11.6. The van der Waals surface area contributed by atoms with E-state index in [1.54, 1.807) is 55.7 Å². The molecule has 0 aliphatic carbocycles. The number of pyridine rings is 1. The summed E-state index contributed by atoms with van der Waals surface area (Å²) in [6.07, 6.45) is 3.47. The van der Waals surface area contributed by atoms with Crippen LogP contribution in [-0.4, -0.2) is 26.7 Å². The number of aromatic nitrogens is 1. The van der Waals surface area contributed by atoms with E-state index in [1.165, 1.54) is 0 Å². The number of hydrogen-bond acceptors (Lipinski definition) is 4. The Hall–Kier alpha value is -2.53. The maximum Gasteiger partial charge on any atom is 0.276 e. The first-order valence-corrected chi connectivity index (χ1v) is 6.68. The van der Waals surface area contributed by atoms with Gasteiger partial charge in [0, 0.05) is 35.7 Å². The molecule has 1 aliphatic heterocycles. The minimum absolute atomic E-state index is 0.287. The largest absolute Gasteiger partial charge is 0.365 e. The fraction of sp³-hybridized carbons (Fsp3) is 0.188. The van der Waals surface area contributed by atoms with Gasteiger partial charge >= 0.3 is 0 Å². The van der Waals surface area contributed by atoms with Crippen LogP contribution in [0.15, 0.2) is 60.0 Å². The molecule has 2 aromatic rings. The van der Waals surface area contributed by atoms with Gasteiger partial charge in [-0.05, 0) is 31.2 Å². The van der Waals surface area contributed by atoms with Crippen molar-refractivity contribution < 1.29 is 9.90 Å². The van der Waals surface area contributed by atoms with E-state index in [2.05, 4.69) is 10.1 Å². The van der Waals surface area contributed by atoms with Gasteiger partial charge in [-0.15, -0.1) is 0 Å². The Bertz CT molecular complexity index is 685. The van der Waals surface area contributed by atoms with Gasteiger partial charge < -0.3 is 5.11 Å². The summed E-state index contributed by atoms with van der Waals surface area (Å²) in [5.74, 6) is -0.327. The summed E-state index contributed by atoms with van der Waals surface area (Å²) in [7, 11) is 0. The lowest BCUT2D eigenvalue weighted by atomic mass is 9.98. The molecule has 1 aromatic carbocycles. The number of hydrazone groups is 1. The van der Waals surface area contributed by atoms with E-state index in [0.717, 1.165) is 5.01 Å². The van der Waals surface area contributed by atoms with Crippen LogP contribution < -0.4 is 0 Å². The second-order valence-corrected chi connectivity index (χ2v) is 5.05. The smallest absolute Gasteiger partial charge is 0.276 e. The standard InChI is InChI=1S/C16H15N3O2/c1-12-11-16(21,14-7-9-17-10-8-14)19(18-12)15(20)13-5-3-2-4-6-13/h2-10,21H,11H2,1H3. The van der Waals surface area contributed by atoms with E-state index in [-0.39, 0.29) is 12.3 Å². The molecule has 0 saturated heterocycles. The van der Waals surface area contributed by atoms with Crippen molar-refractivity contribution in [3.63, 3.8) is 0 Å². The van der Waals surface area contributed by atoms with Gasteiger partial charge in [0.2, 0.25) is 0 Å². The van der Waals surface area contributed by atoms with Crippen molar-refractivity contribution in [1.82, 2.24) is 9.99 Å². The molecular weight excluding hydrogens is 266 g/mol. The molecule has 0 radical (unpaired) electrons. The Morgan fingerprint density at radius 2 is 1.86 bits per heavy atom. The molecular formula is C16H15N3O2. The summed E-state index contributed by atoms with van der Waals surface area (Å²) in [4.78, 5) is 16.6. The van der Waals surface area contributed by atoms with Crippen LogP contribution >= 0.6 is 0 Å². The van der Waals surface area contributed by atoms with Crippen molar-refractivity contribution >= 4 is 11.6 Å². The van der Waals surface area contributed by atoms with Crippen LogP contribution in [0, 0.1) is 0 Å². The number of carbonyl (C=O) groups is 1. The van der Waals surface area contributed by atoms with Crippen LogP contribution in [-0.2, 0) is 5.72 Å². The number of hydrogen-bond donors (Lipinski definition) is 1. The van der Waals surface area contributed by atoms with Crippen molar-refractivity contribution in [2.45, 2.75) is 19.1 Å². The summed E-state index contributed by atoms with van der Waals surface area (Å²) in [5.41, 5.74) is 0.337. The Morgan fingerprint density at radius 1 is 1.19 bits per heavy atom. The molecule has 1 amide bonds. The van der Waals surface area contributed by atoms with Crippen molar-refractivity contribution in [2.75, 3.05) is 0 Å². The minimum atomic E-state index is -1.46. The molecule has 21 heavy (non-hydrogen) atoms. The molecule has 1 N–H and O–H groups in total. The third kappa shape index (κ3) is 2.32. The van der Waals surface area contributed by atoms with Crippen molar-refractivity contribution in [1.29, 1.82) is 0 Å². The lowest BCUT2D eigenvalue weighted by Crippen LogP contribution is -2.43. The Morgan fingerprint density at radius 3 is 2.52 bits per heavy atom. The molecule has 0 saturated carbocycles. The number of nitrogens with zero attached hydrogens (tertiary/aromatic N) is 3. The van der Waals surface area contributed by atoms with Crippen LogP contribution in [0.3, 0.4) is 0 Å². The molecule has 5 heteroatoms. The number of rotatable bonds is 2. The highest BCUT2D eigenvalue weighted by molar-refractivity contribution is 5.97. The van der Waals surface area contributed by atoms with Crippen LogP contribution in [0.25, 0.3) is 0 Å². The van der Waals surface area contributed by atoms with Gasteiger partial charge in [0.25, 0.3) is 5.91 Å². The van der Waals surface area contributed by atoms with E-state index in [9.17, 15) is 9.90 Å². The maximum atomic E-state index is 12.6. The first kappa shape index (κ1) is 13.5. The molecule has 1 aromatic heterocycles. The van der Waals surface area contributed by atoms with E-state index in [1.807, 2.05) is 6.07 Å². The number of benzene rings is 1. The summed E-state index contributed by atoms with van der Waals surface area (Å²) < 4.78 is 0. The fourth-order valence-corrected chi connectivity index (χ4v) is 2.48. The molecule has 1 aliphatic rings. The lowest BCUT2D eigenvalue weighted by molar-refractivity contribution is -0.0765. The highest BCUT2D eigenvalue weighted by Gasteiger charge is 2.45. The zero-order chi connectivity index (χ0) is 14.9. The number of amides is 1. The minimum Gasteiger partial charge on any atom is -0.365 e. The van der Waals surface area contributed by atoms with E-state index >= 15 is 0 Å². The molecule has 2 heterocycles. The van der Waals surface area contributed by atoms with Gasteiger partial charge in [0.15, 0.2) is 5.72 Å². The van der Waals surface area contributed by atoms with Gasteiger partial charge in [0.1, 0.15) is 0 Å². The average Bonchev–Trinajstić information content (AvgIpc) is 2.84. The monoisotopic (exact) mass is 281 g/mol. The topological polar surface area (TPSA) is 65.8 Å². The van der Waals surface area contributed by atoms with E-state index < -0.39 is 5.72 Å². The summed E-state index contributed by atoms with van der Waals surface area (Å²) in [5, 5.41) is 16.4. The number of aliphatic hydroxyl groups is 1. The summed E-state index contributed by atoms with van der Waals surface area (Å²) in [6, 6.07) is 12.2. The van der Waals surface area contributed by atoms with Crippen molar-refractivity contribution in [3.8, 4) is 0 Å². The first-order chi connectivity index (χ1) is 10.1. The first-order valence-electron chi connectivity index (χ1n) is 6.68. The molecule has 3 rings (SSSR count). The molecule has 0 spiro atoms. The zero-order valence-electron chi connectivity index (χ0n) is 11.6. The summed E-state index contributed by atoms with van der Waals surface area (Å²) in [6.45, 7) is 1.80. The third-order valence-corrected chi connectivity index (χ3v) is 3.48. The lowest BCUT2D eigenvalue weighted by Gasteiger charge is -2.31. The van der Waals surface area contributed by atoms with Crippen LogP contribution in [0.1, 0.15) is 29.3 Å². The second kappa shape index (κ2) is 5.10. The van der Waals surface area contributed by atoms with E-state index in [0.29, 0.717) is 16.8 Å². The molecule has 0 fully saturated rings. The Balaban J connectivity index is 2.01. The predicted octanol–water partition coefficient (Wildman–Crippen LogP) is 2.15. The molecule has 1 atom stereocenters. The highest BCUT2D eigenvalue weighted by atomic mass is 16.3. The van der Waals surface area contributed by atoms with Gasteiger partial charge in [-0.1, -0.05) is 18.2 Å². The van der Waals surface area contributed by atoms with Crippen molar-refractivity contribution in [3.05, 3.63) is 66.0 Å². The third-order valence-electron chi connectivity index (χ3n) is 3.48. The maximum absolute atomic E-state index is 12.6. The van der Waals surface area contributed by atoms with Crippen molar-refractivity contribution in [2.24, 2.45) is 5.10 Å². The molecule has 0 bridgehead atoms. The van der Waals surface area contributed by atoms with Gasteiger partial charge in [-0.2, -0.15) is 10.1 Å². The van der Waals surface area contributed by atoms with Crippen LogP contribution in [0.2, 0.25) is 0 Å². The van der Waals surface area contributed by atoms with Gasteiger partial charge in [-0.3, -0.25) is 9.78 Å². The average molecular weight is 281 g/mol. The number of carbonyl (C=O) groups excluding carboxylic acids is 1. The van der Waals surface area contributed by atoms with Gasteiger partial charge in [-0.25, -0.2) is 0 Å². The second-order valence-electron chi connectivity index (χ2n) is 5.05. The Labute approximate surface area is 122 Å². The highest BCUT2D eigenvalue weighted by Crippen LogP contribution is 2.35. The molecule has 5 nitrogen and oxygen atoms in total. The molecule has 106 valence electrons. The van der Waals surface area contributed by atoms with Gasteiger partial charge in [0.05, 0.1) is 0 Å². The quantitative estimate of drug-likeness (QED) is 0.917.